The molecule has 0 unspecified atom stereocenters. The number of hydrogen-bond donors (Lipinski definition) is 2. The molecule has 0 spiro atoms. The topological polar surface area (TPSA) is 165 Å². The lowest BCUT2D eigenvalue weighted by Crippen LogP contribution is -2.52. The molecule has 4 rings (SSSR count). The number of carbonyl (C=O) groups excluding carboxylic acids is 4. The van der Waals surface area contributed by atoms with Crippen molar-refractivity contribution in [3.63, 3.8) is 0 Å². The van der Waals surface area contributed by atoms with Crippen molar-refractivity contribution in [3.05, 3.63) is 117 Å². The SMILES string of the molecule is CC(=O)SC[C@@H](C)C(=O)N1CCC[C@H]1C(=O)N[C@@H](Cc1ccccc1)C(=O)OCc1ccc(CO[N+](=O)[O-])cc1.OCc1ccc(CBr)cc1. The van der Waals surface area contributed by atoms with Crippen LogP contribution in [0.2, 0.25) is 0 Å². The number of aliphatic hydroxyl groups excluding tert-OH is 1. The third-order valence-corrected chi connectivity index (χ3v) is 9.50. The molecule has 1 fully saturated rings. The van der Waals surface area contributed by atoms with Crippen LogP contribution in [0, 0.1) is 16.0 Å². The summed E-state index contributed by atoms with van der Waals surface area (Å²) in [4.78, 5) is 67.1. The molecule has 2 amide bonds. The van der Waals surface area contributed by atoms with Crippen molar-refractivity contribution in [3.8, 4) is 0 Å². The van der Waals surface area contributed by atoms with Gasteiger partial charge < -0.3 is 24.9 Å². The largest absolute Gasteiger partial charge is 0.459 e. The maximum absolute atomic E-state index is 13.3. The molecule has 50 heavy (non-hydrogen) atoms. The van der Waals surface area contributed by atoms with Crippen molar-refractivity contribution >= 4 is 50.6 Å². The molecule has 3 aromatic rings. The maximum atomic E-state index is 13.3. The Bertz CT molecular complexity index is 1540. The van der Waals surface area contributed by atoms with Crippen molar-refractivity contribution in [1.82, 2.24) is 10.2 Å². The van der Waals surface area contributed by atoms with E-state index in [0.29, 0.717) is 36.3 Å². The zero-order valence-corrected chi connectivity index (χ0v) is 30.4. The predicted octanol–water partition coefficient (Wildman–Crippen LogP) is 5.15. The number of thioether (sulfide) groups is 1. The van der Waals surface area contributed by atoms with Gasteiger partial charge in [-0.2, -0.15) is 0 Å². The van der Waals surface area contributed by atoms with E-state index < -0.39 is 35.0 Å². The average Bonchev–Trinajstić information content (AvgIpc) is 3.63. The van der Waals surface area contributed by atoms with Crippen molar-refractivity contribution in [2.45, 2.75) is 70.3 Å². The van der Waals surface area contributed by atoms with E-state index >= 15 is 0 Å². The maximum Gasteiger partial charge on any atom is 0.329 e. The second kappa shape index (κ2) is 21.1. The third kappa shape index (κ3) is 13.6. The van der Waals surface area contributed by atoms with Crippen LogP contribution >= 0.6 is 27.7 Å². The zero-order valence-electron chi connectivity index (χ0n) is 28.0. The highest BCUT2D eigenvalue weighted by Gasteiger charge is 2.37. The second-order valence-electron chi connectivity index (χ2n) is 11.7. The fourth-order valence-corrected chi connectivity index (χ4v) is 6.06. The molecule has 1 heterocycles. The molecule has 268 valence electrons. The fourth-order valence-electron chi connectivity index (χ4n) is 5.06. The van der Waals surface area contributed by atoms with E-state index in [-0.39, 0.29) is 37.3 Å². The minimum absolute atomic E-state index is 0.0598. The standard InChI is InChI=1S/C28H33N3O8S.C8H9BrO/c1-19(18-40-20(2)32)27(34)30-14-6-9-25(30)26(33)29-24(15-21-7-4-3-5-8-21)28(35)38-16-22-10-12-23(13-11-22)17-39-31(36)37;9-5-7-1-3-8(6-10)4-2-7/h3-5,7-8,10-13,19,24-25H,6,9,14-18H2,1-2H3,(H,29,33);1-4,10H,5-6H2/t19-,24+,25+;/m1./s1. The third-order valence-electron chi connectivity index (χ3n) is 7.78. The summed E-state index contributed by atoms with van der Waals surface area (Å²) in [5.74, 6) is -1.33. The normalized spacial score (nSPS) is 14.8. The van der Waals surface area contributed by atoms with E-state index in [4.69, 9.17) is 9.84 Å². The molecule has 3 atom stereocenters. The van der Waals surface area contributed by atoms with Gasteiger partial charge >= 0.3 is 5.97 Å². The number of rotatable bonds is 15. The molecule has 0 bridgehead atoms. The molecule has 2 N–H and O–H groups in total. The van der Waals surface area contributed by atoms with Crippen molar-refractivity contribution in [1.29, 1.82) is 0 Å². The summed E-state index contributed by atoms with van der Waals surface area (Å²) >= 11 is 4.42. The van der Waals surface area contributed by atoms with Crippen LogP contribution in [0.15, 0.2) is 78.9 Å². The zero-order chi connectivity index (χ0) is 36.5. The molecule has 0 aliphatic carbocycles. The molecular formula is C36H42BrN3O9S. The minimum atomic E-state index is -0.981. The first kappa shape index (κ1) is 40.2. The van der Waals surface area contributed by atoms with Crippen LogP contribution in [0.5, 0.6) is 0 Å². The number of hydrogen-bond acceptors (Lipinski definition) is 10. The van der Waals surface area contributed by atoms with E-state index in [1.54, 1.807) is 31.2 Å². The number of aliphatic hydroxyl groups is 1. The Balaban J connectivity index is 0.000000578. The molecule has 14 heteroatoms. The molecule has 1 aliphatic heterocycles. The Morgan fingerprint density at radius 1 is 0.960 bits per heavy atom. The first-order valence-electron chi connectivity index (χ1n) is 16.0. The number of ether oxygens (including phenoxy) is 1. The van der Waals surface area contributed by atoms with Gasteiger partial charge in [0, 0.05) is 36.9 Å². The summed E-state index contributed by atoms with van der Waals surface area (Å²) in [5.41, 5.74) is 4.27. The highest BCUT2D eigenvalue weighted by atomic mass is 79.9. The lowest BCUT2D eigenvalue weighted by Gasteiger charge is -2.28. The molecule has 12 nitrogen and oxygen atoms in total. The number of benzene rings is 3. The molecule has 0 radical (unpaired) electrons. The molecule has 1 aliphatic rings. The van der Waals surface area contributed by atoms with Gasteiger partial charge in [0.1, 0.15) is 25.3 Å². The van der Waals surface area contributed by atoms with E-state index in [0.717, 1.165) is 28.2 Å². The van der Waals surface area contributed by atoms with Gasteiger partial charge in [-0.05, 0) is 40.7 Å². The summed E-state index contributed by atoms with van der Waals surface area (Å²) in [7, 11) is 0. The molecular weight excluding hydrogens is 730 g/mol. The number of alkyl halides is 1. The van der Waals surface area contributed by atoms with Crippen LogP contribution in [0.4, 0.5) is 0 Å². The van der Waals surface area contributed by atoms with Crippen molar-refractivity contribution in [2.75, 3.05) is 12.3 Å². The number of halogens is 1. The number of carbonyl (C=O) groups is 4. The van der Waals surface area contributed by atoms with Crippen LogP contribution in [-0.2, 0) is 60.3 Å². The molecule has 0 aromatic heterocycles. The Hall–Kier alpha value is -4.27. The van der Waals surface area contributed by atoms with Crippen LogP contribution in [0.1, 0.15) is 54.5 Å². The van der Waals surface area contributed by atoms with Gasteiger partial charge in [-0.3, -0.25) is 14.4 Å². The Morgan fingerprint density at radius 3 is 2.14 bits per heavy atom. The Kier molecular flexibility index (Phi) is 16.9. The van der Waals surface area contributed by atoms with Gasteiger partial charge in [-0.1, -0.05) is 113 Å². The number of likely N-dealkylation sites (tertiary alicyclic amines) is 1. The van der Waals surface area contributed by atoms with Crippen molar-refractivity contribution in [2.24, 2.45) is 5.92 Å². The van der Waals surface area contributed by atoms with Gasteiger partial charge in [0.25, 0.3) is 5.09 Å². The first-order chi connectivity index (χ1) is 24.0. The summed E-state index contributed by atoms with van der Waals surface area (Å²) in [5, 5.41) is 21.8. The van der Waals surface area contributed by atoms with Crippen LogP contribution in [-0.4, -0.2) is 62.4 Å². The second-order valence-corrected chi connectivity index (χ2v) is 13.4. The van der Waals surface area contributed by atoms with Gasteiger partial charge in [-0.15, -0.1) is 10.1 Å². The summed E-state index contributed by atoms with van der Waals surface area (Å²) in [6, 6.07) is 22.0. The van der Waals surface area contributed by atoms with E-state index in [1.165, 1.54) is 17.4 Å². The molecule has 1 saturated heterocycles. The summed E-state index contributed by atoms with van der Waals surface area (Å²) < 4.78 is 5.52. The highest BCUT2D eigenvalue weighted by Crippen LogP contribution is 2.22. The van der Waals surface area contributed by atoms with Crippen molar-refractivity contribution < 1.29 is 38.9 Å². The van der Waals surface area contributed by atoms with E-state index in [2.05, 4.69) is 26.1 Å². The lowest BCUT2D eigenvalue weighted by atomic mass is 10.0. The van der Waals surface area contributed by atoms with Gasteiger partial charge in [-0.25, -0.2) is 4.79 Å². The van der Waals surface area contributed by atoms with E-state index in [9.17, 15) is 29.3 Å². The summed E-state index contributed by atoms with van der Waals surface area (Å²) in [6.45, 7) is 3.50. The Labute approximate surface area is 304 Å². The van der Waals surface area contributed by atoms with E-state index in [1.807, 2.05) is 54.6 Å². The fraction of sp³-hybridized carbons (Fsp3) is 0.389. The highest BCUT2D eigenvalue weighted by molar-refractivity contribution is 9.08. The number of esters is 1. The molecule has 3 aromatic carbocycles. The monoisotopic (exact) mass is 771 g/mol. The van der Waals surface area contributed by atoms with Gasteiger partial charge in [0.05, 0.1) is 6.61 Å². The summed E-state index contributed by atoms with van der Waals surface area (Å²) in [6.07, 6.45) is 1.34. The van der Waals surface area contributed by atoms with Crippen LogP contribution in [0.3, 0.4) is 0 Å². The minimum Gasteiger partial charge on any atom is -0.459 e. The Morgan fingerprint density at radius 2 is 1.56 bits per heavy atom. The van der Waals surface area contributed by atoms with Crippen LogP contribution < -0.4 is 5.32 Å². The number of amides is 2. The van der Waals surface area contributed by atoms with Crippen LogP contribution in [0.25, 0.3) is 0 Å². The predicted molar refractivity (Wildman–Crippen MR) is 192 cm³/mol. The smallest absolute Gasteiger partial charge is 0.329 e. The average molecular weight is 773 g/mol. The first-order valence-corrected chi connectivity index (χ1v) is 18.2. The number of nitrogens with zero attached hydrogens (tertiary/aromatic N) is 2. The van der Waals surface area contributed by atoms with Gasteiger partial charge in [0.2, 0.25) is 11.8 Å². The quantitative estimate of drug-likeness (QED) is 0.0914. The molecule has 0 saturated carbocycles. The van der Waals surface area contributed by atoms with Gasteiger partial charge in [0.15, 0.2) is 5.12 Å². The lowest BCUT2D eigenvalue weighted by molar-refractivity contribution is -0.763. The number of nitrogens with one attached hydrogen (secondary N) is 1.